The van der Waals surface area contributed by atoms with Crippen LogP contribution in [0.25, 0.3) is 0 Å². The molecule has 2 N–H and O–H groups in total. The zero-order valence-corrected chi connectivity index (χ0v) is 16.6. The molecule has 0 fully saturated rings. The molecular weight excluding hydrogens is 386 g/mol. The summed E-state index contributed by atoms with van der Waals surface area (Å²) in [5.74, 6) is 2.46. The molecule has 0 bridgehead atoms. The Balaban J connectivity index is 1.47. The maximum atomic E-state index is 12.2. The van der Waals surface area contributed by atoms with E-state index in [0.29, 0.717) is 16.3 Å². The predicted octanol–water partition coefficient (Wildman–Crippen LogP) is 3.38. The van der Waals surface area contributed by atoms with E-state index in [1.54, 1.807) is 29.6 Å². The molecule has 29 heavy (non-hydrogen) atoms. The highest BCUT2D eigenvalue weighted by Gasteiger charge is 2.13. The second-order valence-electron chi connectivity index (χ2n) is 6.18. The Hall–Kier alpha value is -3.63. The topological polar surface area (TPSA) is 80.3 Å². The third kappa shape index (κ3) is 5.92. The molecule has 146 valence electrons. The normalized spacial score (nSPS) is 10.1. The van der Waals surface area contributed by atoms with Crippen molar-refractivity contribution in [2.24, 2.45) is 0 Å². The third-order valence-electron chi connectivity index (χ3n) is 3.89. The first-order valence-corrected chi connectivity index (χ1v) is 9.70. The van der Waals surface area contributed by atoms with E-state index >= 15 is 0 Å². The Morgan fingerprint density at radius 2 is 2.00 bits per heavy atom. The second kappa shape index (κ2) is 9.53. The number of ether oxygens (including phenoxy) is 1. The Bertz CT molecular complexity index is 1050. The van der Waals surface area contributed by atoms with Gasteiger partial charge in [0.25, 0.3) is 5.91 Å². The Morgan fingerprint density at radius 3 is 2.76 bits per heavy atom. The van der Waals surface area contributed by atoms with Gasteiger partial charge in [0.05, 0.1) is 6.54 Å². The molecule has 0 aliphatic rings. The third-order valence-corrected chi connectivity index (χ3v) is 4.71. The predicted molar refractivity (Wildman–Crippen MR) is 113 cm³/mol. The van der Waals surface area contributed by atoms with Crippen molar-refractivity contribution in [3.05, 3.63) is 75.7 Å². The van der Waals surface area contributed by atoms with Gasteiger partial charge >= 0.3 is 0 Å². The van der Waals surface area contributed by atoms with Crippen LogP contribution in [0.3, 0.4) is 0 Å². The Labute approximate surface area is 172 Å². The number of aryl methyl sites for hydroxylation is 1. The van der Waals surface area contributed by atoms with E-state index < -0.39 is 5.91 Å². The van der Waals surface area contributed by atoms with Crippen LogP contribution < -0.4 is 15.4 Å². The lowest BCUT2D eigenvalue weighted by molar-refractivity contribution is -0.115. The van der Waals surface area contributed by atoms with Gasteiger partial charge in [-0.25, -0.2) is 4.98 Å². The van der Waals surface area contributed by atoms with Crippen molar-refractivity contribution in [3.63, 3.8) is 0 Å². The molecular formula is C22H19N3O3S. The lowest BCUT2D eigenvalue weighted by atomic mass is 10.2. The number of amides is 2. The number of terminal acetylenes is 1. The zero-order chi connectivity index (χ0) is 20.6. The van der Waals surface area contributed by atoms with Gasteiger partial charge in [0.15, 0.2) is 0 Å². The maximum absolute atomic E-state index is 12.2. The number of rotatable bonds is 7. The Morgan fingerprint density at radius 1 is 1.21 bits per heavy atom. The van der Waals surface area contributed by atoms with Crippen LogP contribution in [0.15, 0.2) is 53.9 Å². The summed E-state index contributed by atoms with van der Waals surface area (Å²) in [5, 5.41) is 7.55. The van der Waals surface area contributed by atoms with Gasteiger partial charge < -0.3 is 15.4 Å². The van der Waals surface area contributed by atoms with E-state index in [1.165, 1.54) is 11.3 Å². The number of carbonyl (C=O) groups excluding carboxylic acids is 2. The lowest BCUT2D eigenvalue weighted by Gasteiger charge is -2.06. The molecule has 1 aromatic heterocycles. The van der Waals surface area contributed by atoms with E-state index in [9.17, 15) is 9.59 Å². The molecule has 0 saturated carbocycles. The molecule has 1 heterocycles. The molecule has 7 heteroatoms. The first-order chi connectivity index (χ1) is 14.0. The molecule has 0 atom stereocenters. The van der Waals surface area contributed by atoms with Crippen molar-refractivity contribution in [3.8, 4) is 18.1 Å². The van der Waals surface area contributed by atoms with Gasteiger partial charge in [0.1, 0.15) is 23.1 Å². The highest BCUT2D eigenvalue weighted by Crippen LogP contribution is 2.16. The van der Waals surface area contributed by atoms with Crippen LogP contribution in [-0.2, 0) is 11.4 Å². The Kier molecular flexibility index (Phi) is 6.61. The van der Waals surface area contributed by atoms with Gasteiger partial charge in [-0.05, 0) is 37.3 Å². The highest BCUT2D eigenvalue weighted by molar-refractivity contribution is 7.09. The van der Waals surface area contributed by atoms with Crippen molar-refractivity contribution in [2.75, 3.05) is 11.9 Å². The number of carbonyl (C=O) groups is 2. The molecule has 0 unspecified atom stereocenters. The number of nitrogens with zero attached hydrogens (tertiary/aromatic N) is 1. The lowest BCUT2D eigenvalue weighted by Crippen LogP contribution is -2.33. The fraction of sp³-hybridized carbons (Fsp3) is 0.136. The van der Waals surface area contributed by atoms with Gasteiger partial charge in [-0.15, -0.1) is 17.8 Å². The molecule has 2 aromatic carbocycles. The van der Waals surface area contributed by atoms with Crippen molar-refractivity contribution < 1.29 is 14.3 Å². The van der Waals surface area contributed by atoms with Crippen LogP contribution in [0, 0.1) is 19.3 Å². The quantitative estimate of drug-likeness (QED) is 0.591. The van der Waals surface area contributed by atoms with E-state index in [1.807, 2.05) is 31.2 Å². The van der Waals surface area contributed by atoms with Crippen molar-refractivity contribution in [1.82, 2.24) is 10.3 Å². The molecule has 3 aromatic rings. The van der Waals surface area contributed by atoms with Crippen LogP contribution in [0.2, 0.25) is 0 Å². The molecule has 3 rings (SSSR count). The van der Waals surface area contributed by atoms with Gasteiger partial charge in [0.2, 0.25) is 5.91 Å². The number of thiazole rings is 1. The van der Waals surface area contributed by atoms with Crippen LogP contribution >= 0.6 is 11.3 Å². The van der Waals surface area contributed by atoms with Crippen LogP contribution in [-0.4, -0.2) is 23.3 Å². The van der Waals surface area contributed by atoms with Crippen LogP contribution in [0.5, 0.6) is 5.75 Å². The molecule has 0 saturated heterocycles. The van der Waals surface area contributed by atoms with Gasteiger partial charge in [-0.2, -0.15) is 0 Å². The highest BCUT2D eigenvalue weighted by atomic mass is 32.1. The van der Waals surface area contributed by atoms with Crippen molar-refractivity contribution in [2.45, 2.75) is 13.5 Å². The molecule has 0 radical (unpaired) electrons. The number of anilines is 1. The van der Waals surface area contributed by atoms with E-state index in [0.717, 1.165) is 11.3 Å². The van der Waals surface area contributed by atoms with E-state index in [4.69, 9.17) is 11.2 Å². The number of hydrogen-bond donors (Lipinski definition) is 2. The minimum absolute atomic E-state index is 0.175. The van der Waals surface area contributed by atoms with Crippen LogP contribution in [0.1, 0.15) is 26.6 Å². The molecule has 0 aliphatic heterocycles. The van der Waals surface area contributed by atoms with Gasteiger partial charge in [-0.1, -0.05) is 29.7 Å². The number of hydrogen-bond acceptors (Lipinski definition) is 5. The monoisotopic (exact) mass is 405 g/mol. The fourth-order valence-electron chi connectivity index (χ4n) is 2.40. The minimum atomic E-state index is -0.421. The largest absolute Gasteiger partial charge is 0.486 e. The van der Waals surface area contributed by atoms with Gasteiger partial charge in [-0.3, -0.25) is 9.59 Å². The van der Waals surface area contributed by atoms with E-state index in [-0.39, 0.29) is 24.8 Å². The molecule has 2 amide bonds. The minimum Gasteiger partial charge on any atom is -0.486 e. The smallest absolute Gasteiger partial charge is 0.271 e. The summed E-state index contributed by atoms with van der Waals surface area (Å²) in [7, 11) is 0. The maximum Gasteiger partial charge on any atom is 0.271 e. The summed E-state index contributed by atoms with van der Waals surface area (Å²) in [6, 6.07) is 14.6. The fourth-order valence-corrected chi connectivity index (χ4v) is 3.09. The standard InChI is InChI=1S/C22H19N3O3S/c1-3-16-5-4-6-17(11-16)24-20(26)12-23-22(27)19-14-29-21(25-19)13-28-18-9-7-15(2)8-10-18/h1,4-11,14H,12-13H2,2H3,(H,23,27)(H,24,26). The SMILES string of the molecule is C#Cc1cccc(NC(=O)CNC(=O)c2csc(COc3ccc(C)cc3)n2)c1. The average molecular weight is 405 g/mol. The number of nitrogens with one attached hydrogen (secondary N) is 2. The molecule has 0 spiro atoms. The van der Waals surface area contributed by atoms with E-state index in [2.05, 4.69) is 21.5 Å². The summed E-state index contributed by atoms with van der Waals surface area (Å²) >= 11 is 1.32. The van der Waals surface area contributed by atoms with Gasteiger partial charge in [0, 0.05) is 16.6 Å². The molecule has 0 aliphatic carbocycles. The number of aromatic nitrogens is 1. The molecule has 6 nitrogen and oxygen atoms in total. The summed E-state index contributed by atoms with van der Waals surface area (Å²) in [5.41, 5.74) is 2.64. The van der Waals surface area contributed by atoms with Crippen LogP contribution in [0.4, 0.5) is 5.69 Å². The summed E-state index contributed by atoms with van der Waals surface area (Å²) in [6.45, 7) is 2.10. The average Bonchev–Trinajstić information content (AvgIpc) is 3.21. The summed E-state index contributed by atoms with van der Waals surface area (Å²) in [6.07, 6.45) is 5.34. The second-order valence-corrected chi connectivity index (χ2v) is 7.13. The van der Waals surface area contributed by atoms with Crippen molar-refractivity contribution in [1.29, 1.82) is 0 Å². The van der Waals surface area contributed by atoms with Crippen molar-refractivity contribution >= 4 is 28.8 Å². The first-order valence-electron chi connectivity index (χ1n) is 8.82. The number of benzene rings is 2. The zero-order valence-electron chi connectivity index (χ0n) is 15.8. The summed E-state index contributed by atoms with van der Waals surface area (Å²) in [4.78, 5) is 28.5. The first kappa shape index (κ1) is 20.1. The summed E-state index contributed by atoms with van der Waals surface area (Å²) < 4.78 is 5.66.